The van der Waals surface area contributed by atoms with Crippen LogP contribution in [0, 0.1) is 0 Å². The first-order valence-electron chi connectivity index (χ1n) is 9.11. The molecule has 156 valence electrons. The molecule has 0 saturated heterocycles. The van der Waals surface area contributed by atoms with Crippen LogP contribution in [-0.4, -0.2) is 32.8 Å². The number of carbonyl (C=O) groups excluding carboxylic acids is 1. The summed E-state index contributed by atoms with van der Waals surface area (Å²) in [6.07, 6.45) is 1.45. The van der Waals surface area contributed by atoms with Gasteiger partial charge in [-0.2, -0.15) is 0 Å². The second kappa shape index (κ2) is 9.30. The van der Waals surface area contributed by atoms with E-state index in [2.05, 4.69) is 11.3 Å². The summed E-state index contributed by atoms with van der Waals surface area (Å²) >= 11 is 5.91. The molecule has 0 spiro atoms. The molecule has 8 heteroatoms. The van der Waals surface area contributed by atoms with Crippen LogP contribution in [0.15, 0.2) is 82.6 Å². The number of rotatable bonds is 8. The number of nitrogens with one attached hydrogen (secondary N) is 1. The van der Waals surface area contributed by atoms with Gasteiger partial charge in [0.1, 0.15) is 11.5 Å². The Balaban J connectivity index is 1.73. The third-order valence-corrected chi connectivity index (χ3v) is 6.01. The second-order valence-corrected chi connectivity index (χ2v) is 8.81. The lowest BCUT2D eigenvalue weighted by atomic mass is 10.2. The summed E-state index contributed by atoms with van der Waals surface area (Å²) in [7, 11) is -2.08. The molecular formula is C22H21ClN2O4S. The van der Waals surface area contributed by atoms with E-state index in [4.69, 9.17) is 16.0 Å². The van der Waals surface area contributed by atoms with Crippen LogP contribution in [0.25, 0.3) is 11.3 Å². The predicted octanol–water partition coefficient (Wildman–Crippen LogP) is 4.34. The minimum Gasteiger partial charge on any atom is -0.459 e. The van der Waals surface area contributed by atoms with Gasteiger partial charge in [-0.1, -0.05) is 23.7 Å². The van der Waals surface area contributed by atoms with Gasteiger partial charge >= 0.3 is 0 Å². The van der Waals surface area contributed by atoms with Crippen LogP contribution in [0.1, 0.15) is 16.1 Å². The monoisotopic (exact) mass is 444 g/mol. The van der Waals surface area contributed by atoms with Crippen LogP contribution in [0.2, 0.25) is 5.02 Å². The quantitative estimate of drug-likeness (QED) is 0.524. The molecule has 0 bridgehead atoms. The minimum atomic E-state index is -3.71. The normalized spacial score (nSPS) is 11.3. The van der Waals surface area contributed by atoms with Crippen molar-refractivity contribution in [3.63, 3.8) is 0 Å². The van der Waals surface area contributed by atoms with Gasteiger partial charge in [0.05, 0.1) is 11.4 Å². The SMILES string of the molecule is C=CCNS(=O)(=O)c1cccc(C(=O)N(C)Cc2ccc(-c3ccc(Cl)cc3)o2)c1. The average molecular weight is 445 g/mol. The van der Waals surface area contributed by atoms with E-state index < -0.39 is 10.0 Å². The van der Waals surface area contributed by atoms with Crippen molar-refractivity contribution >= 4 is 27.5 Å². The van der Waals surface area contributed by atoms with Gasteiger partial charge in [-0.3, -0.25) is 4.79 Å². The molecule has 3 rings (SSSR count). The van der Waals surface area contributed by atoms with Gasteiger partial charge in [-0.25, -0.2) is 13.1 Å². The van der Waals surface area contributed by atoms with E-state index >= 15 is 0 Å². The third kappa shape index (κ3) is 5.18. The van der Waals surface area contributed by atoms with Crippen LogP contribution < -0.4 is 4.72 Å². The predicted molar refractivity (Wildman–Crippen MR) is 117 cm³/mol. The molecule has 0 atom stereocenters. The van der Waals surface area contributed by atoms with Gasteiger partial charge in [-0.05, 0) is 54.6 Å². The van der Waals surface area contributed by atoms with E-state index in [-0.39, 0.29) is 29.5 Å². The maximum Gasteiger partial charge on any atom is 0.254 e. The standard InChI is InChI=1S/C22H21ClN2O4S/c1-3-13-24-30(27,28)20-6-4-5-17(14-20)22(26)25(2)15-19-11-12-21(29-19)16-7-9-18(23)10-8-16/h3-12,14,24H,1,13,15H2,2H3. The highest BCUT2D eigenvalue weighted by Crippen LogP contribution is 2.24. The van der Waals surface area contributed by atoms with Crippen molar-refractivity contribution in [2.24, 2.45) is 0 Å². The van der Waals surface area contributed by atoms with Gasteiger partial charge < -0.3 is 9.32 Å². The zero-order valence-corrected chi connectivity index (χ0v) is 17.9. The van der Waals surface area contributed by atoms with E-state index in [0.717, 1.165) is 5.56 Å². The lowest BCUT2D eigenvalue weighted by Gasteiger charge is -2.16. The molecule has 3 aromatic rings. The van der Waals surface area contributed by atoms with E-state index in [9.17, 15) is 13.2 Å². The average Bonchev–Trinajstić information content (AvgIpc) is 3.20. The summed E-state index contributed by atoms with van der Waals surface area (Å²) in [5.74, 6) is 0.955. The van der Waals surface area contributed by atoms with Crippen molar-refractivity contribution in [2.45, 2.75) is 11.4 Å². The van der Waals surface area contributed by atoms with Gasteiger partial charge in [0.2, 0.25) is 10.0 Å². The number of benzene rings is 2. The first-order valence-corrected chi connectivity index (χ1v) is 11.0. The fourth-order valence-corrected chi connectivity index (χ4v) is 3.98. The molecule has 0 aliphatic rings. The molecule has 1 amide bonds. The molecule has 2 aromatic carbocycles. The third-order valence-electron chi connectivity index (χ3n) is 4.34. The molecule has 30 heavy (non-hydrogen) atoms. The topological polar surface area (TPSA) is 79.6 Å². The molecule has 0 radical (unpaired) electrons. The molecule has 0 saturated carbocycles. The number of halogens is 1. The highest BCUT2D eigenvalue weighted by molar-refractivity contribution is 7.89. The highest BCUT2D eigenvalue weighted by atomic mass is 35.5. The van der Waals surface area contributed by atoms with Crippen molar-refractivity contribution in [2.75, 3.05) is 13.6 Å². The molecule has 0 aliphatic carbocycles. The van der Waals surface area contributed by atoms with E-state index in [1.54, 1.807) is 31.3 Å². The molecule has 1 heterocycles. The number of nitrogens with zero attached hydrogens (tertiary/aromatic N) is 1. The number of furan rings is 1. The summed E-state index contributed by atoms with van der Waals surface area (Å²) in [5, 5.41) is 0.639. The first kappa shape index (κ1) is 21.8. The van der Waals surface area contributed by atoms with Gasteiger partial charge in [-0.15, -0.1) is 6.58 Å². The van der Waals surface area contributed by atoms with Gasteiger partial charge in [0.25, 0.3) is 5.91 Å². The first-order chi connectivity index (χ1) is 14.3. The summed E-state index contributed by atoms with van der Waals surface area (Å²) in [5.41, 5.74) is 1.15. The molecule has 1 aromatic heterocycles. The van der Waals surface area contributed by atoms with E-state index in [0.29, 0.717) is 16.5 Å². The number of sulfonamides is 1. The molecule has 0 fully saturated rings. The van der Waals surface area contributed by atoms with Crippen LogP contribution >= 0.6 is 11.6 Å². The second-order valence-electron chi connectivity index (χ2n) is 6.60. The van der Waals surface area contributed by atoms with Crippen molar-refractivity contribution in [3.8, 4) is 11.3 Å². The van der Waals surface area contributed by atoms with Gasteiger partial charge in [0, 0.05) is 29.7 Å². The van der Waals surface area contributed by atoms with Crippen molar-refractivity contribution < 1.29 is 17.6 Å². The number of amides is 1. The smallest absolute Gasteiger partial charge is 0.254 e. The Kier molecular flexibility index (Phi) is 6.77. The summed E-state index contributed by atoms with van der Waals surface area (Å²) in [6.45, 7) is 3.83. The molecule has 1 N–H and O–H groups in total. The number of hydrogen-bond donors (Lipinski definition) is 1. The summed E-state index contributed by atoms with van der Waals surface area (Å²) < 4.78 is 32.8. The Morgan fingerprint density at radius 2 is 1.90 bits per heavy atom. The van der Waals surface area contributed by atoms with Crippen LogP contribution in [-0.2, 0) is 16.6 Å². The van der Waals surface area contributed by atoms with Crippen molar-refractivity contribution in [3.05, 3.63) is 89.7 Å². The summed E-state index contributed by atoms with van der Waals surface area (Å²) in [6, 6.07) is 16.8. The maximum atomic E-state index is 12.8. The Morgan fingerprint density at radius 3 is 2.60 bits per heavy atom. The highest BCUT2D eigenvalue weighted by Gasteiger charge is 2.18. The summed E-state index contributed by atoms with van der Waals surface area (Å²) in [4.78, 5) is 14.3. The van der Waals surface area contributed by atoms with Crippen molar-refractivity contribution in [1.82, 2.24) is 9.62 Å². The van der Waals surface area contributed by atoms with E-state index in [1.807, 2.05) is 18.2 Å². The van der Waals surface area contributed by atoms with Crippen LogP contribution in [0.5, 0.6) is 0 Å². The number of carbonyl (C=O) groups is 1. The zero-order chi connectivity index (χ0) is 21.7. The zero-order valence-electron chi connectivity index (χ0n) is 16.3. The fourth-order valence-electron chi connectivity index (χ4n) is 2.81. The van der Waals surface area contributed by atoms with Crippen LogP contribution in [0.3, 0.4) is 0 Å². The molecule has 0 unspecified atom stereocenters. The Labute approximate surface area is 180 Å². The Bertz CT molecular complexity index is 1150. The lowest BCUT2D eigenvalue weighted by molar-refractivity contribution is 0.0775. The van der Waals surface area contributed by atoms with Crippen molar-refractivity contribution in [1.29, 1.82) is 0 Å². The molecule has 6 nitrogen and oxygen atoms in total. The lowest BCUT2D eigenvalue weighted by Crippen LogP contribution is -2.27. The fraction of sp³-hybridized carbons (Fsp3) is 0.136. The van der Waals surface area contributed by atoms with E-state index in [1.165, 1.54) is 29.2 Å². The Morgan fingerprint density at radius 1 is 1.17 bits per heavy atom. The largest absolute Gasteiger partial charge is 0.459 e. The minimum absolute atomic E-state index is 0.0200. The maximum absolute atomic E-state index is 12.8. The van der Waals surface area contributed by atoms with Gasteiger partial charge in [0.15, 0.2) is 0 Å². The molecule has 0 aliphatic heterocycles. The Hall–Kier alpha value is -2.87. The van der Waals surface area contributed by atoms with Crippen LogP contribution in [0.4, 0.5) is 0 Å². The number of hydrogen-bond acceptors (Lipinski definition) is 4. The molecular weight excluding hydrogens is 424 g/mol.